The number of nitrogens with two attached hydrogens (primary N) is 1. The predicted octanol–water partition coefficient (Wildman–Crippen LogP) is 4.29. The number of hydrogen-bond donors (Lipinski definition) is 2. The number of nitrogen functional groups attached to an aromatic ring is 1. The Balaban J connectivity index is 0.000000821. The van der Waals surface area contributed by atoms with Crippen molar-refractivity contribution in [2.45, 2.75) is 6.92 Å². The van der Waals surface area contributed by atoms with Crippen LogP contribution in [0.1, 0.15) is 16.1 Å². The van der Waals surface area contributed by atoms with Gasteiger partial charge in [0, 0.05) is 28.9 Å². The van der Waals surface area contributed by atoms with E-state index in [0.717, 1.165) is 22.0 Å². The van der Waals surface area contributed by atoms with E-state index in [9.17, 15) is 9.18 Å². The number of nitrogens with zero attached hydrogens (tertiary/aromatic N) is 4. The summed E-state index contributed by atoms with van der Waals surface area (Å²) in [5, 5.41) is 3.75. The molecule has 0 unspecified atom stereocenters. The first-order valence-corrected chi connectivity index (χ1v) is 10.3. The van der Waals surface area contributed by atoms with Gasteiger partial charge >= 0.3 is 0 Å². The van der Waals surface area contributed by atoms with Gasteiger partial charge in [0.2, 0.25) is 0 Å². The number of aldehydes is 1. The minimum Gasteiger partial charge on any atom is -0.381 e. The molecule has 0 atom stereocenters. The highest BCUT2D eigenvalue weighted by Crippen LogP contribution is 2.35. The lowest BCUT2D eigenvalue weighted by Gasteiger charge is -2.14. The van der Waals surface area contributed by atoms with Crippen LogP contribution < -0.4 is 11.1 Å². The number of carbonyl (C=O) groups excluding carboxylic acids is 1. The fourth-order valence-electron chi connectivity index (χ4n) is 3.66. The highest BCUT2D eigenvalue weighted by atomic mass is 19.1. The Morgan fingerprint density at radius 3 is 2.42 bits per heavy atom. The van der Waals surface area contributed by atoms with Crippen LogP contribution in [0.15, 0.2) is 60.9 Å². The Hall–Kier alpha value is -4.17. The van der Waals surface area contributed by atoms with Gasteiger partial charge in [-0.1, -0.05) is 6.07 Å². The lowest BCUT2D eigenvalue weighted by Crippen LogP contribution is -2.03. The Bertz CT molecular complexity index is 1460. The average Bonchev–Trinajstić information content (AvgIpc) is 3.25. The summed E-state index contributed by atoms with van der Waals surface area (Å²) in [6.45, 7) is 2.02. The zero-order chi connectivity index (χ0) is 23.5. The summed E-state index contributed by atoms with van der Waals surface area (Å²) in [4.78, 5) is 24.6. The number of fused-ring (bicyclic) bond motifs is 2. The molecule has 3 N–H and O–H groups in total. The van der Waals surface area contributed by atoms with E-state index < -0.39 is 0 Å². The molecular formula is C25H23FN6O. The number of anilines is 1. The summed E-state index contributed by atoms with van der Waals surface area (Å²) in [7, 11) is 3.75. The van der Waals surface area contributed by atoms with E-state index in [0.29, 0.717) is 28.9 Å². The number of benzene rings is 2. The third kappa shape index (κ3) is 4.16. The molecule has 3 heterocycles. The van der Waals surface area contributed by atoms with Gasteiger partial charge in [-0.3, -0.25) is 14.2 Å². The van der Waals surface area contributed by atoms with Gasteiger partial charge in [0.05, 0.1) is 16.9 Å². The van der Waals surface area contributed by atoms with Crippen LogP contribution in [0, 0.1) is 12.7 Å². The smallest absolute Gasteiger partial charge is 0.181 e. The van der Waals surface area contributed by atoms with Gasteiger partial charge in [-0.2, -0.15) is 0 Å². The van der Waals surface area contributed by atoms with E-state index in [2.05, 4.69) is 20.3 Å². The zero-order valence-corrected chi connectivity index (χ0v) is 18.5. The van der Waals surface area contributed by atoms with Crippen molar-refractivity contribution in [3.8, 4) is 22.5 Å². The Kier molecular flexibility index (Phi) is 6.10. The molecule has 0 fully saturated rings. The molecule has 7 nitrogen and oxygen atoms in total. The summed E-state index contributed by atoms with van der Waals surface area (Å²) in [6, 6.07) is 13.9. The number of halogens is 1. The molecule has 166 valence electrons. The minimum absolute atomic E-state index is 0.185. The number of hydrogen-bond acceptors (Lipinski definition) is 6. The van der Waals surface area contributed by atoms with Crippen LogP contribution in [-0.4, -0.2) is 39.7 Å². The molecule has 3 aromatic heterocycles. The number of pyridine rings is 1. The molecule has 0 amide bonds. The number of aromatic nitrogens is 4. The van der Waals surface area contributed by atoms with Gasteiger partial charge in [-0.25, -0.2) is 14.4 Å². The maximum atomic E-state index is 13.5. The standard InChI is InChI=1S/C23H16FN5O.C2H7N/c1-13-8-9-26-19-7-4-15(10-18(13)19)21-20(14-2-5-16(24)6-3-14)28-22(25)23-27-17(12-30)11-29(21)23;1-3-2/h2-12H,1H3,(H2,25,28);3H,1-2H3. The fourth-order valence-corrected chi connectivity index (χ4v) is 3.66. The number of nitrogens with one attached hydrogen (secondary N) is 1. The quantitative estimate of drug-likeness (QED) is 0.405. The predicted molar refractivity (Wildman–Crippen MR) is 129 cm³/mol. The number of rotatable bonds is 3. The summed E-state index contributed by atoms with van der Waals surface area (Å²) in [5.41, 5.74) is 11.6. The van der Waals surface area contributed by atoms with Crippen LogP contribution in [0.4, 0.5) is 10.2 Å². The fraction of sp³-hybridized carbons (Fsp3) is 0.120. The van der Waals surface area contributed by atoms with Crippen LogP contribution in [0.3, 0.4) is 0 Å². The normalized spacial score (nSPS) is 10.8. The first-order valence-electron chi connectivity index (χ1n) is 10.3. The van der Waals surface area contributed by atoms with Gasteiger partial charge in [-0.05, 0) is 69.0 Å². The van der Waals surface area contributed by atoms with Crippen molar-refractivity contribution < 1.29 is 9.18 Å². The van der Waals surface area contributed by atoms with Gasteiger partial charge in [0.25, 0.3) is 0 Å². The van der Waals surface area contributed by atoms with E-state index >= 15 is 0 Å². The second-order valence-electron chi connectivity index (χ2n) is 7.54. The maximum absolute atomic E-state index is 13.5. The molecule has 2 aromatic carbocycles. The second kappa shape index (κ2) is 9.13. The molecule has 0 spiro atoms. The first-order chi connectivity index (χ1) is 16.0. The topological polar surface area (TPSA) is 98.2 Å². The largest absolute Gasteiger partial charge is 0.381 e. The SMILES string of the molecule is CNC.Cc1ccnc2ccc(-c3c(-c4ccc(F)cc4)nc(N)c4nc(C=O)cn34)cc12. The van der Waals surface area contributed by atoms with E-state index in [1.54, 1.807) is 28.9 Å². The Morgan fingerprint density at radius 2 is 1.73 bits per heavy atom. The Morgan fingerprint density at radius 1 is 1.03 bits per heavy atom. The third-order valence-electron chi connectivity index (χ3n) is 5.12. The van der Waals surface area contributed by atoms with Crippen molar-refractivity contribution in [3.05, 3.63) is 78.0 Å². The van der Waals surface area contributed by atoms with Crippen molar-refractivity contribution in [2.24, 2.45) is 0 Å². The highest BCUT2D eigenvalue weighted by Gasteiger charge is 2.19. The monoisotopic (exact) mass is 442 g/mol. The Labute approximate surface area is 190 Å². The molecule has 0 bridgehead atoms. The van der Waals surface area contributed by atoms with Gasteiger partial charge in [0.15, 0.2) is 17.8 Å². The van der Waals surface area contributed by atoms with Gasteiger partial charge < -0.3 is 11.1 Å². The molecular weight excluding hydrogens is 419 g/mol. The van der Waals surface area contributed by atoms with Crippen LogP contribution in [-0.2, 0) is 0 Å². The molecule has 0 aliphatic rings. The van der Waals surface area contributed by atoms with Gasteiger partial charge in [0.1, 0.15) is 11.5 Å². The molecule has 33 heavy (non-hydrogen) atoms. The van der Waals surface area contributed by atoms with E-state index in [4.69, 9.17) is 5.73 Å². The first kappa shape index (κ1) is 22.0. The highest BCUT2D eigenvalue weighted by molar-refractivity contribution is 5.91. The van der Waals surface area contributed by atoms with Crippen LogP contribution in [0.2, 0.25) is 0 Å². The number of aryl methyl sites for hydroxylation is 1. The molecule has 0 aliphatic heterocycles. The molecule has 0 saturated heterocycles. The molecule has 5 aromatic rings. The van der Waals surface area contributed by atoms with Crippen molar-refractivity contribution in [3.63, 3.8) is 0 Å². The van der Waals surface area contributed by atoms with E-state index in [1.807, 2.05) is 45.3 Å². The van der Waals surface area contributed by atoms with Crippen LogP contribution >= 0.6 is 0 Å². The number of imidazole rings is 1. The molecule has 0 saturated carbocycles. The molecule has 0 radical (unpaired) electrons. The molecule has 0 aliphatic carbocycles. The van der Waals surface area contributed by atoms with E-state index in [-0.39, 0.29) is 17.3 Å². The lowest BCUT2D eigenvalue weighted by molar-refractivity contribution is 0.111. The van der Waals surface area contributed by atoms with Crippen LogP contribution in [0.5, 0.6) is 0 Å². The summed E-state index contributed by atoms with van der Waals surface area (Å²) < 4.78 is 15.3. The van der Waals surface area contributed by atoms with Crippen molar-refractivity contribution in [2.75, 3.05) is 19.8 Å². The van der Waals surface area contributed by atoms with Gasteiger partial charge in [-0.15, -0.1) is 0 Å². The van der Waals surface area contributed by atoms with Crippen molar-refractivity contribution in [1.82, 2.24) is 24.7 Å². The number of carbonyl (C=O) groups is 1. The second-order valence-corrected chi connectivity index (χ2v) is 7.54. The zero-order valence-electron chi connectivity index (χ0n) is 18.5. The lowest BCUT2D eigenvalue weighted by atomic mass is 10.0. The summed E-state index contributed by atoms with van der Waals surface area (Å²) >= 11 is 0. The third-order valence-corrected chi connectivity index (χ3v) is 5.12. The molecule has 5 rings (SSSR count). The summed E-state index contributed by atoms with van der Waals surface area (Å²) in [5.74, 6) is -0.155. The minimum atomic E-state index is -0.340. The van der Waals surface area contributed by atoms with Crippen molar-refractivity contribution in [1.29, 1.82) is 0 Å². The molecule has 8 heteroatoms. The van der Waals surface area contributed by atoms with E-state index in [1.165, 1.54) is 12.1 Å². The summed E-state index contributed by atoms with van der Waals surface area (Å²) in [6.07, 6.45) is 4.07. The maximum Gasteiger partial charge on any atom is 0.181 e. The van der Waals surface area contributed by atoms with Crippen LogP contribution in [0.25, 0.3) is 39.1 Å². The average molecular weight is 442 g/mol. The van der Waals surface area contributed by atoms with Crippen molar-refractivity contribution >= 4 is 28.7 Å².